The van der Waals surface area contributed by atoms with Crippen LogP contribution >= 0.6 is 11.5 Å². The number of halogens is 3. The predicted octanol–water partition coefficient (Wildman–Crippen LogP) is 3.54. The zero-order valence-corrected chi connectivity index (χ0v) is 13.2. The molecule has 0 unspecified atom stereocenters. The van der Waals surface area contributed by atoms with E-state index in [1.807, 2.05) is 10.4 Å². The fourth-order valence-corrected chi connectivity index (χ4v) is 3.09. The Hall–Kier alpha value is -2.04. The van der Waals surface area contributed by atoms with Gasteiger partial charge in [0.2, 0.25) is 0 Å². The van der Waals surface area contributed by atoms with E-state index in [4.69, 9.17) is 4.74 Å². The first kappa shape index (κ1) is 16.8. The first-order valence-corrected chi connectivity index (χ1v) is 7.94. The van der Waals surface area contributed by atoms with Gasteiger partial charge in [-0.05, 0) is 23.7 Å². The van der Waals surface area contributed by atoms with Crippen molar-refractivity contribution in [3.8, 4) is 0 Å². The number of ether oxygens (including phenoxy) is 1. The molecule has 1 aromatic carbocycles. The molecule has 2 aromatic rings. The predicted molar refractivity (Wildman–Crippen MR) is 85.3 cm³/mol. The van der Waals surface area contributed by atoms with E-state index in [1.165, 1.54) is 18.2 Å². The highest BCUT2D eigenvalue weighted by Crippen LogP contribution is 2.42. The van der Waals surface area contributed by atoms with Crippen molar-refractivity contribution in [1.82, 2.24) is 4.37 Å². The number of rotatable bonds is 4. The maximum absolute atomic E-state index is 13.2. The van der Waals surface area contributed by atoms with Gasteiger partial charge < -0.3 is 15.0 Å². The van der Waals surface area contributed by atoms with Crippen LogP contribution in [0.3, 0.4) is 0 Å². The highest BCUT2D eigenvalue weighted by molar-refractivity contribution is 7.11. The average Bonchev–Trinajstić information content (AvgIpc) is 2.98. The van der Waals surface area contributed by atoms with Gasteiger partial charge in [-0.25, -0.2) is 0 Å². The molecule has 0 amide bonds. The van der Waals surface area contributed by atoms with E-state index < -0.39 is 11.7 Å². The van der Waals surface area contributed by atoms with Crippen LogP contribution in [-0.4, -0.2) is 35.9 Å². The molecule has 6 nitrogen and oxygen atoms in total. The molecule has 0 spiro atoms. The van der Waals surface area contributed by atoms with Crippen LogP contribution in [0.5, 0.6) is 0 Å². The molecular formula is C14H15F3N4O2S. The lowest BCUT2D eigenvalue weighted by Crippen LogP contribution is -2.36. The van der Waals surface area contributed by atoms with Crippen molar-refractivity contribution in [2.24, 2.45) is 0 Å². The highest BCUT2D eigenvalue weighted by atomic mass is 32.1. The number of aromatic nitrogens is 1. The molecule has 130 valence electrons. The van der Waals surface area contributed by atoms with Gasteiger partial charge in [-0.15, -0.1) is 0 Å². The van der Waals surface area contributed by atoms with Gasteiger partial charge in [0.25, 0.3) is 0 Å². The Bertz CT molecular complexity index is 702. The molecule has 1 fully saturated rings. The Morgan fingerprint density at radius 3 is 2.58 bits per heavy atom. The maximum atomic E-state index is 13.2. The SMILES string of the molecule is ONc1snc(N2CCOCC2)c1Nc1ccccc1C(F)(F)F. The van der Waals surface area contributed by atoms with Crippen LogP contribution in [0.1, 0.15) is 5.56 Å². The van der Waals surface area contributed by atoms with Gasteiger partial charge in [-0.2, -0.15) is 17.5 Å². The van der Waals surface area contributed by atoms with Crippen LogP contribution in [0.2, 0.25) is 0 Å². The van der Waals surface area contributed by atoms with Gasteiger partial charge in [0.15, 0.2) is 10.8 Å². The van der Waals surface area contributed by atoms with Crippen molar-refractivity contribution < 1.29 is 23.1 Å². The maximum Gasteiger partial charge on any atom is 0.418 e. The summed E-state index contributed by atoms with van der Waals surface area (Å²) in [5, 5.41) is 12.3. The molecule has 2 heterocycles. The minimum Gasteiger partial charge on any atom is -0.378 e. The number of hydrogen-bond donors (Lipinski definition) is 3. The summed E-state index contributed by atoms with van der Waals surface area (Å²) < 4.78 is 49.0. The minimum atomic E-state index is -4.49. The van der Waals surface area contributed by atoms with Gasteiger partial charge in [-0.1, -0.05) is 12.1 Å². The normalized spacial score (nSPS) is 15.4. The third kappa shape index (κ3) is 3.40. The van der Waals surface area contributed by atoms with Gasteiger partial charge in [0.1, 0.15) is 5.69 Å². The molecule has 3 rings (SSSR count). The lowest BCUT2D eigenvalue weighted by Gasteiger charge is -2.28. The van der Waals surface area contributed by atoms with Gasteiger partial charge in [0.05, 0.1) is 24.5 Å². The van der Waals surface area contributed by atoms with Gasteiger partial charge in [0, 0.05) is 13.1 Å². The van der Waals surface area contributed by atoms with E-state index >= 15 is 0 Å². The summed E-state index contributed by atoms with van der Waals surface area (Å²) in [5.74, 6) is 0.483. The molecule has 0 bridgehead atoms. The smallest absolute Gasteiger partial charge is 0.378 e. The Balaban J connectivity index is 1.97. The molecule has 0 saturated carbocycles. The summed E-state index contributed by atoms with van der Waals surface area (Å²) in [6.45, 7) is 2.17. The molecule has 1 aliphatic rings. The van der Waals surface area contributed by atoms with Crippen LogP contribution in [0.25, 0.3) is 0 Å². The van der Waals surface area contributed by atoms with Crippen molar-refractivity contribution >= 4 is 33.7 Å². The molecule has 10 heteroatoms. The highest BCUT2D eigenvalue weighted by Gasteiger charge is 2.34. The van der Waals surface area contributed by atoms with Crippen molar-refractivity contribution in [3.63, 3.8) is 0 Å². The summed E-state index contributed by atoms with van der Waals surface area (Å²) in [6.07, 6.45) is -4.49. The monoisotopic (exact) mass is 360 g/mol. The fourth-order valence-electron chi connectivity index (χ4n) is 2.44. The summed E-state index contributed by atoms with van der Waals surface area (Å²) in [6, 6.07) is 5.18. The summed E-state index contributed by atoms with van der Waals surface area (Å²) in [4.78, 5) is 1.90. The van der Waals surface area contributed by atoms with Crippen LogP contribution in [-0.2, 0) is 10.9 Å². The Kier molecular flexibility index (Phi) is 4.78. The quantitative estimate of drug-likeness (QED) is 0.725. The molecule has 0 radical (unpaired) electrons. The number of benzene rings is 1. The molecule has 0 atom stereocenters. The van der Waals surface area contributed by atoms with E-state index in [2.05, 4.69) is 9.69 Å². The second kappa shape index (κ2) is 6.83. The Morgan fingerprint density at radius 1 is 1.21 bits per heavy atom. The molecule has 3 N–H and O–H groups in total. The lowest BCUT2D eigenvalue weighted by molar-refractivity contribution is -0.136. The number of nitrogens with zero attached hydrogens (tertiary/aromatic N) is 2. The van der Waals surface area contributed by atoms with E-state index in [9.17, 15) is 18.4 Å². The zero-order chi connectivity index (χ0) is 17.2. The molecule has 1 aliphatic heterocycles. The standard InChI is InChI=1S/C14H15F3N4O2S/c15-14(16,17)9-3-1-2-4-10(9)18-11-12(20-24-13(11)19-22)21-5-7-23-8-6-21/h1-4,18-19,22H,5-8H2. The van der Waals surface area contributed by atoms with Gasteiger partial charge in [-0.3, -0.25) is 10.7 Å². The first-order valence-electron chi connectivity index (χ1n) is 7.16. The second-order valence-corrected chi connectivity index (χ2v) is 5.86. The first-order chi connectivity index (χ1) is 11.5. The van der Waals surface area contributed by atoms with Gasteiger partial charge >= 0.3 is 6.18 Å². The van der Waals surface area contributed by atoms with E-state index in [0.29, 0.717) is 37.8 Å². The molecular weight excluding hydrogens is 345 g/mol. The summed E-state index contributed by atoms with van der Waals surface area (Å²) >= 11 is 0.965. The number of hydrogen-bond acceptors (Lipinski definition) is 7. The zero-order valence-electron chi connectivity index (χ0n) is 12.4. The van der Waals surface area contributed by atoms with Crippen LogP contribution < -0.4 is 15.7 Å². The van der Waals surface area contributed by atoms with Crippen molar-refractivity contribution in [2.45, 2.75) is 6.18 Å². The molecule has 0 aliphatic carbocycles. The second-order valence-electron chi connectivity index (χ2n) is 5.09. The van der Waals surface area contributed by atoms with E-state index in [1.54, 1.807) is 0 Å². The lowest BCUT2D eigenvalue weighted by atomic mass is 10.1. The number of anilines is 4. The van der Waals surface area contributed by atoms with Crippen LogP contribution in [0, 0.1) is 0 Å². The number of morpholine rings is 1. The van der Waals surface area contributed by atoms with E-state index in [-0.39, 0.29) is 10.7 Å². The third-order valence-corrected chi connectivity index (χ3v) is 4.32. The largest absolute Gasteiger partial charge is 0.418 e. The van der Waals surface area contributed by atoms with Crippen molar-refractivity contribution in [3.05, 3.63) is 29.8 Å². The third-order valence-electron chi connectivity index (χ3n) is 3.58. The Morgan fingerprint density at radius 2 is 1.92 bits per heavy atom. The summed E-state index contributed by atoms with van der Waals surface area (Å²) in [7, 11) is 0. The number of alkyl halides is 3. The molecule has 1 aromatic heterocycles. The van der Waals surface area contributed by atoms with Crippen molar-refractivity contribution in [2.75, 3.05) is 42.0 Å². The van der Waals surface area contributed by atoms with Crippen LogP contribution in [0.4, 0.5) is 35.4 Å². The molecule has 24 heavy (non-hydrogen) atoms. The van der Waals surface area contributed by atoms with Crippen molar-refractivity contribution in [1.29, 1.82) is 0 Å². The van der Waals surface area contributed by atoms with E-state index in [0.717, 1.165) is 17.6 Å². The topological polar surface area (TPSA) is 69.7 Å². The Labute approximate surface area is 140 Å². The molecule has 1 saturated heterocycles. The average molecular weight is 360 g/mol. The van der Waals surface area contributed by atoms with Crippen LogP contribution in [0.15, 0.2) is 24.3 Å². The number of nitrogens with one attached hydrogen (secondary N) is 2. The summed E-state index contributed by atoms with van der Waals surface area (Å²) in [5.41, 5.74) is 1.41. The fraction of sp³-hybridized carbons (Fsp3) is 0.357. The number of para-hydroxylation sites is 1. The minimum absolute atomic E-state index is 0.101.